The van der Waals surface area contributed by atoms with Gasteiger partial charge in [0, 0.05) is 44.1 Å². The third kappa shape index (κ3) is 6.59. The van der Waals surface area contributed by atoms with Gasteiger partial charge < -0.3 is 26.6 Å². The molecule has 2 atom stereocenters. The van der Waals surface area contributed by atoms with Crippen LogP contribution in [-0.4, -0.2) is 75.6 Å². The lowest BCUT2D eigenvalue weighted by Crippen LogP contribution is -2.58. The fraction of sp³-hybridized carbons (Fsp3) is 0.481. The number of aromatic nitrogens is 2. The summed E-state index contributed by atoms with van der Waals surface area (Å²) < 4.78 is 1.44. The van der Waals surface area contributed by atoms with Gasteiger partial charge in [-0.25, -0.2) is 9.59 Å². The Balaban J connectivity index is 1.30. The third-order valence-corrected chi connectivity index (χ3v) is 6.85. The van der Waals surface area contributed by atoms with E-state index in [1.54, 1.807) is 35.9 Å². The van der Waals surface area contributed by atoms with Gasteiger partial charge in [0.2, 0.25) is 5.91 Å². The largest absolute Gasteiger partial charge is 0.386 e. The lowest BCUT2D eigenvalue weighted by atomic mass is 9.91. The van der Waals surface area contributed by atoms with Crippen molar-refractivity contribution in [3.05, 3.63) is 64.3 Å². The minimum absolute atomic E-state index is 0.144. The molecule has 0 spiro atoms. The molecule has 1 aliphatic heterocycles. The van der Waals surface area contributed by atoms with Crippen LogP contribution in [0.2, 0.25) is 0 Å². The maximum atomic E-state index is 12.7. The number of nitrogens with zero attached hydrogens (tertiary/aromatic N) is 4. The number of allylic oxidation sites excluding steroid dienone is 1. The molecule has 204 valence electrons. The van der Waals surface area contributed by atoms with Gasteiger partial charge >= 0.3 is 11.7 Å². The van der Waals surface area contributed by atoms with Crippen LogP contribution in [0.5, 0.6) is 0 Å². The third-order valence-electron chi connectivity index (χ3n) is 6.85. The van der Waals surface area contributed by atoms with Crippen LogP contribution in [0.3, 0.4) is 0 Å². The summed E-state index contributed by atoms with van der Waals surface area (Å²) in [5.74, 6) is 0.526. The summed E-state index contributed by atoms with van der Waals surface area (Å²) in [6, 6.07) is 9.30. The molecule has 38 heavy (non-hydrogen) atoms. The van der Waals surface area contributed by atoms with Gasteiger partial charge in [-0.05, 0) is 69.8 Å². The Kier molecular flexibility index (Phi) is 8.17. The molecule has 2 heterocycles. The molecule has 2 unspecified atom stereocenters. The van der Waals surface area contributed by atoms with E-state index in [1.807, 2.05) is 24.3 Å². The Labute approximate surface area is 222 Å². The van der Waals surface area contributed by atoms with E-state index in [0.29, 0.717) is 44.3 Å². The maximum absolute atomic E-state index is 12.7. The standard InChI is InChI=1S/C27H38N8O3/c1-18(30-21-15-20(16-21)17-28)14-19-4-6-22(7-5-19)35-9-8-23(32-26(35)38)31-25(37)34-12-10-33(11-13-34)24(36)27(2,3)29/h4-9,15,18,20,30H,10-14,16-17,28-29H2,1-3H3,(H,31,32,37,38). The quantitative estimate of drug-likeness (QED) is 0.404. The summed E-state index contributed by atoms with van der Waals surface area (Å²) in [4.78, 5) is 45.0. The molecule has 1 aliphatic carbocycles. The Morgan fingerprint density at radius 2 is 1.74 bits per heavy atom. The molecule has 6 N–H and O–H groups in total. The smallest absolute Gasteiger partial charge is 0.354 e. The predicted molar refractivity (Wildman–Crippen MR) is 147 cm³/mol. The Hall–Kier alpha value is -3.70. The summed E-state index contributed by atoms with van der Waals surface area (Å²) in [5, 5.41) is 6.21. The highest BCUT2D eigenvalue weighted by Gasteiger charge is 2.31. The number of urea groups is 1. The molecule has 3 amide bonds. The minimum atomic E-state index is -0.948. The van der Waals surface area contributed by atoms with Crippen molar-refractivity contribution in [1.82, 2.24) is 24.7 Å². The summed E-state index contributed by atoms with van der Waals surface area (Å²) in [6.45, 7) is 7.72. The normalized spacial score (nSPS) is 18.3. The van der Waals surface area contributed by atoms with Gasteiger partial charge in [0.1, 0.15) is 5.82 Å². The molecule has 0 bridgehead atoms. The fourth-order valence-corrected chi connectivity index (χ4v) is 4.68. The average Bonchev–Trinajstić information content (AvgIpc) is 2.85. The summed E-state index contributed by atoms with van der Waals surface area (Å²) in [6.07, 6.45) is 5.66. The van der Waals surface area contributed by atoms with Crippen LogP contribution < -0.4 is 27.8 Å². The fourth-order valence-electron chi connectivity index (χ4n) is 4.68. The van der Waals surface area contributed by atoms with Crippen LogP contribution in [0.1, 0.15) is 32.8 Å². The molecule has 1 fully saturated rings. The molecule has 1 aromatic heterocycles. The van der Waals surface area contributed by atoms with E-state index in [9.17, 15) is 14.4 Å². The number of piperazine rings is 1. The van der Waals surface area contributed by atoms with Crippen molar-refractivity contribution in [1.29, 1.82) is 0 Å². The lowest BCUT2D eigenvalue weighted by molar-refractivity contribution is -0.137. The second-order valence-electron chi connectivity index (χ2n) is 10.7. The molecule has 11 nitrogen and oxygen atoms in total. The summed E-state index contributed by atoms with van der Waals surface area (Å²) in [5.41, 5.74) is 13.2. The molecule has 0 radical (unpaired) electrons. The number of hydrogen-bond donors (Lipinski definition) is 4. The zero-order valence-corrected chi connectivity index (χ0v) is 22.3. The maximum Gasteiger partial charge on any atom is 0.354 e. The van der Waals surface area contributed by atoms with Crippen molar-refractivity contribution in [3.63, 3.8) is 0 Å². The number of nitrogens with two attached hydrogens (primary N) is 2. The number of nitrogens with one attached hydrogen (secondary N) is 2. The van der Waals surface area contributed by atoms with Crippen molar-refractivity contribution < 1.29 is 9.59 Å². The van der Waals surface area contributed by atoms with Crippen LogP contribution in [0.15, 0.2) is 53.1 Å². The van der Waals surface area contributed by atoms with Crippen LogP contribution in [0.4, 0.5) is 10.6 Å². The number of carbonyl (C=O) groups is 2. The number of anilines is 1. The van der Waals surface area contributed by atoms with E-state index in [2.05, 4.69) is 28.6 Å². The van der Waals surface area contributed by atoms with Crippen molar-refractivity contribution in [3.8, 4) is 5.69 Å². The molecular formula is C27H38N8O3. The van der Waals surface area contributed by atoms with E-state index in [4.69, 9.17) is 11.5 Å². The highest BCUT2D eigenvalue weighted by molar-refractivity contribution is 5.89. The van der Waals surface area contributed by atoms with E-state index in [-0.39, 0.29) is 23.8 Å². The molecule has 0 saturated carbocycles. The first kappa shape index (κ1) is 27.3. The second kappa shape index (κ2) is 11.4. The van der Waals surface area contributed by atoms with Gasteiger partial charge in [-0.3, -0.25) is 14.7 Å². The van der Waals surface area contributed by atoms with Crippen molar-refractivity contribution in [2.45, 2.75) is 45.2 Å². The average molecular weight is 523 g/mol. The molecule has 2 aromatic rings. The summed E-state index contributed by atoms with van der Waals surface area (Å²) in [7, 11) is 0. The SMILES string of the molecule is CC(Cc1ccc(-n2ccc(NC(=O)N3CCN(C(=O)C(C)(C)N)CC3)nc2=O)cc1)NC1=CC(CN)C1. The van der Waals surface area contributed by atoms with E-state index in [0.717, 1.165) is 18.4 Å². The monoisotopic (exact) mass is 522 g/mol. The number of benzene rings is 1. The predicted octanol–water partition coefficient (Wildman–Crippen LogP) is 1.03. The molecule has 1 saturated heterocycles. The molecule has 11 heteroatoms. The first-order valence-corrected chi connectivity index (χ1v) is 13.0. The Morgan fingerprint density at radius 3 is 2.32 bits per heavy atom. The van der Waals surface area contributed by atoms with Gasteiger partial charge in [-0.2, -0.15) is 4.98 Å². The number of hydrogen-bond acceptors (Lipinski definition) is 7. The summed E-state index contributed by atoms with van der Waals surface area (Å²) >= 11 is 0. The van der Waals surface area contributed by atoms with Gasteiger partial charge in [0.15, 0.2) is 0 Å². The van der Waals surface area contributed by atoms with Crippen LogP contribution in [0.25, 0.3) is 5.69 Å². The molecular weight excluding hydrogens is 484 g/mol. The second-order valence-corrected chi connectivity index (χ2v) is 10.7. The Morgan fingerprint density at radius 1 is 1.11 bits per heavy atom. The minimum Gasteiger partial charge on any atom is -0.386 e. The van der Waals surface area contributed by atoms with E-state index in [1.165, 1.54) is 10.3 Å². The number of carbonyl (C=O) groups excluding carboxylic acids is 2. The number of amides is 3. The molecule has 2 aliphatic rings. The van der Waals surface area contributed by atoms with E-state index < -0.39 is 11.2 Å². The highest BCUT2D eigenvalue weighted by Crippen LogP contribution is 2.23. The van der Waals surface area contributed by atoms with Crippen molar-refractivity contribution in [2.75, 3.05) is 38.0 Å². The van der Waals surface area contributed by atoms with Gasteiger partial charge in [-0.1, -0.05) is 18.2 Å². The van der Waals surface area contributed by atoms with Gasteiger partial charge in [-0.15, -0.1) is 0 Å². The van der Waals surface area contributed by atoms with Crippen molar-refractivity contribution in [2.24, 2.45) is 17.4 Å². The molecule has 4 rings (SSSR count). The highest BCUT2D eigenvalue weighted by atomic mass is 16.2. The first-order valence-electron chi connectivity index (χ1n) is 13.0. The zero-order valence-electron chi connectivity index (χ0n) is 22.3. The van der Waals surface area contributed by atoms with E-state index >= 15 is 0 Å². The van der Waals surface area contributed by atoms with Gasteiger partial charge in [0.05, 0.1) is 11.2 Å². The Bertz CT molecular complexity index is 1240. The zero-order chi connectivity index (χ0) is 27.4. The topological polar surface area (TPSA) is 152 Å². The van der Waals surface area contributed by atoms with Crippen LogP contribution in [0, 0.1) is 5.92 Å². The van der Waals surface area contributed by atoms with Crippen LogP contribution >= 0.6 is 0 Å². The van der Waals surface area contributed by atoms with Crippen molar-refractivity contribution >= 4 is 17.8 Å². The lowest BCUT2D eigenvalue weighted by Gasteiger charge is -2.37. The van der Waals surface area contributed by atoms with Gasteiger partial charge in [0.25, 0.3) is 0 Å². The first-order chi connectivity index (χ1) is 18.0. The van der Waals surface area contributed by atoms with Crippen LogP contribution in [-0.2, 0) is 11.2 Å². The number of rotatable bonds is 8. The molecule has 1 aromatic carbocycles.